The molecule has 1 unspecified atom stereocenters. The second kappa shape index (κ2) is 7.23. The lowest BCUT2D eigenvalue weighted by atomic mass is 9.89. The van der Waals surface area contributed by atoms with Crippen LogP contribution in [0.2, 0.25) is 0 Å². The number of fused-ring (bicyclic) bond motifs is 1. The number of aromatic hydroxyl groups is 2. The summed E-state index contributed by atoms with van der Waals surface area (Å²) in [5, 5.41) is 19.9. The molecule has 134 valence electrons. The lowest BCUT2D eigenvalue weighted by Gasteiger charge is -2.35. The van der Waals surface area contributed by atoms with Crippen LogP contribution in [-0.4, -0.2) is 42.9 Å². The molecule has 0 spiro atoms. The molecule has 1 aliphatic rings. The van der Waals surface area contributed by atoms with E-state index in [0.717, 1.165) is 36.9 Å². The maximum absolute atomic E-state index is 10.2. The van der Waals surface area contributed by atoms with E-state index in [2.05, 4.69) is 11.9 Å². The molecule has 25 heavy (non-hydrogen) atoms. The van der Waals surface area contributed by atoms with Gasteiger partial charge in [0, 0.05) is 12.6 Å². The van der Waals surface area contributed by atoms with Gasteiger partial charge in [-0.15, -0.1) is 0 Å². The minimum absolute atomic E-state index is 0.156. The molecule has 5 heteroatoms. The number of nitrogens with zero attached hydrogens (tertiary/aromatic N) is 1. The van der Waals surface area contributed by atoms with Crippen molar-refractivity contribution in [1.29, 1.82) is 0 Å². The molecule has 0 saturated heterocycles. The van der Waals surface area contributed by atoms with Crippen LogP contribution in [0.3, 0.4) is 0 Å². The van der Waals surface area contributed by atoms with E-state index in [4.69, 9.17) is 9.47 Å². The van der Waals surface area contributed by atoms with Crippen molar-refractivity contribution in [2.45, 2.75) is 25.3 Å². The summed E-state index contributed by atoms with van der Waals surface area (Å²) >= 11 is 0. The van der Waals surface area contributed by atoms with Crippen molar-refractivity contribution >= 4 is 0 Å². The number of hydrogen-bond acceptors (Lipinski definition) is 5. The first-order valence-electron chi connectivity index (χ1n) is 8.49. The lowest BCUT2D eigenvalue weighted by molar-refractivity contribution is 0.218. The Bertz CT molecular complexity index is 760. The molecule has 0 radical (unpaired) electrons. The SMILES string of the molecule is COc1cc(CCC2c3cc(O)c(OC)cc3CCN2C)ccc1O. The predicted molar refractivity (Wildman–Crippen MR) is 96.7 cm³/mol. The normalized spacial score (nSPS) is 17.2. The number of aryl methyl sites for hydroxylation is 1. The number of phenolic OH excluding ortho intramolecular Hbond substituents is 2. The highest BCUT2D eigenvalue weighted by Gasteiger charge is 2.26. The van der Waals surface area contributed by atoms with Crippen LogP contribution >= 0.6 is 0 Å². The Labute approximate surface area is 148 Å². The molecule has 0 bridgehead atoms. The van der Waals surface area contributed by atoms with Gasteiger partial charge in [-0.25, -0.2) is 0 Å². The zero-order valence-corrected chi connectivity index (χ0v) is 15.0. The van der Waals surface area contributed by atoms with Crippen LogP contribution in [0.5, 0.6) is 23.0 Å². The van der Waals surface area contributed by atoms with Gasteiger partial charge in [-0.1, -0.05) is 6.07 Å². The Morgan fingerprint density at radius 2 is 1.76 bits per heavy atom. The molecule has 2 aromatic rings. The number of phenols is 2. The van der Waals surface area contributed by atoms with Gasteiger partial charge < -0.3 is 19.7 Å². The van der Waals surface area contributed by atoms with Gasteiger partial charge in [0.05, 0.1) is 14.2 Å². The topological polar surface area (TPSA) is 62.2 Å². The smallest absolute Gasteiger partial charge is 0.160 e. The standard InChI is InChI=1S/C20H25NO4/c1-21-9-8-14-11-20(25-3)18(23)12-15(14)16(21)6-4-13-5-7-17(22)19(10-13)24-2/h5,7,10-12,16,22-23H,4,6,8-9H2,1-3H3. The van der Waals surface area contributed by atoms with E-state index >= 15 is 0 Å². The van der Waals surface area contributed by atoms with Crippen LogP contribution in [0.25, 0.3) is 0 Å². The molecule has 3 rings (SSSR count). The number of hydrogen-bond donors (Lipinski definition) is 2. The molecule has 2 aromatic carbocycles. The van der Waals surface area contributed by atoms with Crippen LogP contribution in [-0.2, 0) is 12.8 Å². The van der Waals surface area contributed by atoms with Crippen molar-refractivity contribution in [1.82, 2.24) is 4.90 Å². The Morgan fingerprint density at radius 1 is 1.04 bits per heavy atom. The summed E-state index contributed by atoms with van der Waals surface area (Å²) in [6.07, 6.45) is 2.73. The van der Waals surface area contributed by atoms with Crippen LogP contribution < -0.4 is 9.47 Å². The molecule has 1 aliphatic heterocycles. The maximum atomic E-state index is 10.2. The Kier molecular flexibility index (Phi) is 5.04. The summed E-state index contributed by atoms with van der Waals surface area (Å²) < 4.78 is 10.4. The summed E-state index contributed by atoms with van der Waals surface area (Å²) in [5.74, 6) is 1.37. The second-order valence-corrected chi connectivity index (χ2v) is 6.51. The van der Waals surface area contributed by atoms with Crippen LogP contribution in [0.15, 0.2) is 30.3 Å². The summed E-state index contributed by atoms with van der Waals surface area (Å²) in [5.41, 5.74) is 3.52. The number of rotatable bonds is 5. The van der Waals surface area contributed by atoms with Crippen LogP contribution in [0, 0.1) is 0 Å². The predicted octanol–water partition coefficient (Wildman–Crippen LogP) is 3.28. The molecule has 0 aromatic heterocycles. The quantitative estimate of drug-likeness (QED) is 0.872. The lowest BCUT2D eigenvalue weighted by Crippen LogP contribution is -2.32. The fourth-order valence-electron chi connectivity index (χ4n) is 3.56. The first-order valence-corrected chi connectivity index (χ1v) is 8.49. The maximum Gasteiger partial charge on any atom is 0.160 e. The van der Waals surface area contributed by atoms with Crippen molar-refractivity contribution in [2.75, 3.05) is 27.8 Å². The first kappa shape index (κ1) is 17.4. The molecule has 2 N–H and O–H groups in total. The van der Waals surface area contributed by atoms with E-state index < -0.39 is 0 Å². The van der Waals surface area contributed by atoms with Crippen molar-refractivity contribution < 1.29 is 19.7 Å². The molecular weight excluding hydrogens is 318 g/mol. The Hall–Kier alpha value is -2.40. The molecule has 0 saturated carbocycles. The highest BCUT2D eigenvalue weighted by atomic mass is 16.5. The van der Waals surface area contributed by atoms with E-state index in [1.165, 1.54) is 5.56 Å². The van der Waals surface area contributed by atoms with Crippen molar-refractivity contribution in [2.24, 2.45) is 0 Å². The average Bonchev–Trinajstić information content (AvgIpc) is 2.61. The average molecular weight is 343 g/mol. The van der Waals surface area contributed by atoms with Crippen molar-refractivity contribution in [3.05, 3.63) is 47.0 Å². The van der Waals surface area contributed by atoms with Gasteiger partial charge in [-0.2, -0.15) is 0 Å². The van der Waals surface area contributed by atoms with E-state index in [9.17, 15) is 10.2 Å². The third-order valence-electron chi connectivity index (χ3n) is 5.02. The summed E-state index contributed by atoms with van der Waals surface area (Å²) in [7, 11) is 5.25. The second-order valence-electron chi connectivity index (χ2n) is 6.51. The van der Waals surface area contributed by atoms with E-state index in [0.29, 0.717) is 11.5 Å². The minimum atomic E-state index is 0.156. The third kappa shape index (κ3) is 3.51. The number of methoxy groups -OCH3 is 2. The van der Waals surface area contributed by atoms with E-state index in [-0.39, 0.29) is 17.5 Å². The molecule has 0 fully saturated rings. The van der Waals surface area contributed by atoms with Crippen molar-refractivity contribution in [3.63, 3.8) is 0 Å². The van der Waals surface area contributed by atoms with Gasteiger partial charge in [0.1, 0.15) is 0 Å². The zero-order valence-electron chi connectivity index (χ0n) is 15.0. The van der Waals surface area contributed by atoms with Gasteiger partial charge in [-0.3, -0.25) is 4.90 Å². The molecular formula is C20H25NO4. The Balaban J connectivity index is 1.82. The minimum Gasteiger partial charge on any atom is -0.504 e. The molecule has 0 amide bonds. The fraction of sp³-hybridized carbons (Fsp3) is 0.400. The molecule has 1 atom stereocenters. The van der Waals surface area contributed by atoms with Crippen LogP contribution in [0.4, 0.5) is 0 Å². The monoisotopic (exact) mass is 343 g/mol. The van der Waals surface area contributed by atoms with Gasteiger partial charge in [0.25, 0.3) is 0 Å². The number of likely N-dealkylation sites (N-methyl/N-ethyl adjacent to an activating group) is 1. The molecule has 5 nitrogen and oxygen atoms in total. The van der Waals surface area contributed by atoms with Gasteiger partial charge in [0.2, 0.25) is 0 Å². The van der Waals surface area contributed by atoms with E-state index in [1.807, 2.05) is 24.3 Å². The number of ether oxygens (including phenoxy) is 2. The van der Waals surface area contributed by atoms with E-state index in [1.54, 1.807) is 20.3 Å². The first-order chi connectivity index (χ1) is 12.0. The van der Waals surface area contributed by atoms with Gasteiger partial charge in [-0.05, 0) is 67.3 Å². The molecule has 1 heterocycles. The number of benzene rings is 2. The summed E-state index contributed by atoms with van der Waals surface area (Å²) in [6.45, 7) is 0.977. The fourth-order valence-corrected chi connectivity index (χ4v) is 3.56. The summed E-state index contributed by atoms with van der Waals surface area (Å²) in [4.78, 5) is 2.33. The van der Waals surface area contributed by atoms with Gasteiger partial charge >= 0.3 is 0 Å². The van der Waals surface area contributed by atoms with Gasteiger partial charge in [0.15, 0.2) is 23.0 Å². The van der Waals surface area contributed by atoms with Crippen LogP contribution in [0.1, 0.15) is 29.2 Å². The largest absolute Gasteiger partial charge is 0.504 e. The Morgan fingerprint density at radius 3 is 2.48 bits per heavy atom. The third-order valence-corrected chi connectivity index (χ3v) is 5.02. The zero-order chi connectivity index (χ0) is 18.0. The van der Waals surface area contributed by atoms with Crippen molar-refractivity contribution in [3.8, 4) is 23.0 Å². The highest BCUT2D eigenvalue weighted by molar-refractivity contribution is 5.49. The summed E-state index contributed by atoms with van der Waals surface area (Å²) in [6, 6.07) is 9.50. The highest BCUT2D eigenvalue weighted by Crippen LogP contribution is 2.39. The molecule has 0 aliphatic carbocycles.